The smallest absolute Gasteiger partial charge is 0.225 e. The number of alkyl halides is 2. The van der Waals surface area contributed by atoms with Crippen molar-refractivity contribution >= 4 is 0 Å². The summed E-state index contributed by atoms with van der Waals surface area (Å²) in [6.45, 7) is 0. The van der Waals surface area contributed by atoms with Crippen LogP contribution in [0, 0.1) is 0 Å². The molecule has 0 aromatic heterocycles. The molecule has 0 spiro atoms. The summed E-state index contributed by atoms with van der Waals surface area (Å²) in [5, 5.41) is 0. The van der Waals surface area contributed by atoms with Crippen LogP contribution in [0.2, 0.25) is 0 Å². The first-order chi connectivity index (χ1) is 5.23. The van der Waals surface area contributed by atoms with Crippen LogP contribution in [0.1, 0.15) is 0 Å². The Bertz CT molecular complexity index is 246. The van der Waals surface area contributed by atoms with Crippen molar-refractivity contribution in [2.75, 3.05) is 7.05 Å². The quantitative estimate of drug-likeness (QED) is 0.323. The van der Waals surface area contributed by atoms with Gasteiger partial charge in [0.05, 0.1) is 8.96 Å². The van der Waals surface area contributed by atoms with E-state index < -0.39 is 27.9 Å². The normalized spacial score (nSPS) is 26.8. The van der Waals surface area contributed by atoms with Crippen molar-refractivity contribution in [3.05, 3.63) is 11.9 Å². The largest absolute Gasteiger partial charge is 0.570 e. The molecule has 0 aromatic carbocycles. The van der Waals surface area contributed by atoms with Crippen molar-refractivity contribution in [1.29, 1.82) is 0 Å². The van der Waals surface area contributed by atoms with Gasteiger partial charge in [-0.2, -0.15) is 4.39 Å². The van der Waals surface area contributed by atoms with E-state index in [1.165, 1.54) is 0 Å². The molecule has 12 heavy (non-hydrogen) atoms. The van der Waals surface area contributed by atoms with E-state index in [-0.39, 0.29) is 0 Å². The zero-order chi connectivity index (χ0) is 9.73. The number of quaternary nitrogens is 1. The Balaban J connectivity index is 3.22. The Hall–Kier alpha value is -0.920. The van der Waals surface area contributed by atoms with Gasteiger partial charge in [0.2, 0.25) is 4.93 Å². The lowest BCUT2D eigenvalue weighted by molar-refractivity contribution is -1.20. The SMILES string of the molecule is CN1C(F)=C(F)[N+](F)(F)C1(F)F. The molecular weight excluding hydrogens is 190 g/mol. The van der Waals surface area contributed by atoms with E-state index in [9.17, 15) is 26.5 Å². The highest BCUT2D eigenvalue weighted by Gasteiger charge is 2.75. The number of nitrogens with zero attached hydrogens (tertiary/aromatic N) is 2. The van der Waals surface area contributed by atoms with Crippen molar-refractivity contribution in [1.82, 2.24) is 4.90 Å². The lowest BCUT2D eigenvalue weighted by atomic mass is 10.8. The van der Waals surface area contributed by atoms with Gasteiger partial charge >= 0.3 is 12.1 Å². The molecule has 0 aliphatic carbocycles. The minimum absolute atomic E-state index is 0.327. The third-order valence-electron chi connectivity index (χ3n) is 1.45. The Morgan fingerprint density at radius 2 is 1.67 bits per heavy atom. The fraction of sp³-hybridized carbons (Fsp3) is 0.500. The molecule has 0 N–H and O–H groups in total. The predicted octanol–water partition coefficient (Wildman–Crippen LogP) is 2.13. The average Bonchev–Trinajstić information content (AvgIpc) is 2.05. The second kappa shape index (κ2) is 2.06. The first-order valence-corrected chi connectivity index (χ1v) is 2.69. The van der Waals surface area contributed by atoms with E-state index in [4.69, 9.17) is 0 Å². The highest BCUT2D eigenvalue weighted by Crippen LogP contribution is 2.48. The maximum absolute atomic E-state index is 12.2. The topological polar surface area (TPSA) is 3.24 Å². The first-order valence-electron chi connectivity index (χ1n) is 2.69. The van der Waals surface area contributed by atoms with E-state index in [0.29, 0.717) is 7.05 Å². The second-order valence-electron chi connectivity index (χ2n) is 2.16. The Kier molecular flexibility index (Phi) is 1.58. The summed E-state index contributed by atoms with van der Waals surface area (Å²) in [6.07, 6.45) is -4.89. The molecule has 2 nitrogen and oxygen atoms in total. The molecule has 8 heteroatoms. The first kappa shape index (κ1) is 9.17. The summed E-state index contributed by atoms with van der Waals surface area (Å²) < 4.78 is 72.9. The molecule has 0 unspecified atom stereocenters. The Morgan fingerprint density at radius 1 is 1.25 bits per heavy atom. The summed E-state index contributed by atoms with van der Waals surface area (Å²) in [5.74, 6) is -5.05. The lowest BCUT2D eigenvalue weighted by Gasteiger charge is -2.18. The van der Waals surface area contributed by atoms with Crippen LogP contribution in [0.5, 0.6) is 0 Å². The molecular formula is C4H3F6N2+. The highest BCUT2D eigenvalue weighted by atomic mass is 19.4. The molecule has 0 aromatic rings. The molecule has 0 atom stereocenters. The molecule has 0 saturated carbocycles. The van der Waals surface area contributed by atoms with E-state index >= 15 is 0 Å². The van der Waals surface area contributed by atoms with Crippen molar-refractivity contribution in [2.24, 2.45) is 0 Å². The maximum Gasteiger partial charge on any atom is 0.570 e. The average molecular weight is 193 g/mol. The van der Waals surface area contributed by atoms with E-state index in [0.717, 1.165) is 0 Å². The summed E-state index contributed by atoms with van der Waals surface area (Å²) in [7, 11) is 0.327. The third kappa shape index (κ3) is 0.752. The monoisotopic (exact) mass is 193 g/mol. The number of hydrogen-bond donors (Lipinski definition) is 0. The third-order valence-corrected chi connectivity index (χ3v) is 1.45. The predicted molar refractivity (Wildman–Crippen MR) is 24.4 cm³/mol. The van der Waals surface area contributed by atoms with Crippen molar-refractivity contribution in [3.63, 3.8) is 0 Å². The Labute approximate surface area is 62.7 Å². The summed E-state index contributed by atoms with van der Waals surface area (Å²) in [4.78, 5) is -5.17. The van der Waals surface area contributed by atoms with Crippen LogP contribution in [0.25, 0.3) is 0 Å². The van der Waals surface area contributed by atoms with Gasteiger partial charge in [-0.25, -0.2) is 4.90 Å². The molecule has 0 amide bonds. The molecule has 0 radical (unpaired) electrons. The van der Waals surface area contributed by atoms with Crippen LogP contribution >= 0.6 is 0 Å². The minimum Gasteiger partial charge on any atom is -0.225 e. The standard InChI is InChI=1S/C4H3F6N2/c1-11-2(5)3(6)12(9,10)4(11,7)8/h1H3/q+1. The summed E-state index contributed by atoms with van der Waals surface area (Å²) in [6, 6.07) is 0. The zero-order valence-corrected chi connectivity index (χ0v) is 5.66. The van der Waals surface area contributed by atoms with Crippen molar-refractivity contribution in [2.45, 2.75) is 6.17 Å². The molecule has 0 fully saturated rings. The van der Waals surface area contributed by atoms with Gasteiger partial charge < -0.3 is 0 Å². The number of halogens is 6. The van der Waals surface area contributed by atoms with Crippen LogP contribution in [-0.4, -0.2) is 23.0 Å². The fourth-order valence-corrected chi connectivity index (χ4v) is 0.679. The van der Waals surface area contributed by atoms with Crippen LogP contribution in [0.15, 0.2) is 11.9 Å². The van der Waals surface area contributed by atoms with E-state index in [2.05, 4.69) is 0 Å². The van der Waals surface area contributed by atoms with Crippen LogP contribution in [0.4, 0.5) is 26.5 Å². The van der Waals surface area contributed by atoms with Crippen molar-refractivity contribution < 1.29 is 31.5 Å². The summed E-state index contributed by atoms with van der Waals surface area (Å²) in [5.41, 5.74) is 0. The zero-order valence-electron chi connectivity index (χ0n) is 5.66. The van der Waals surface area contributed by atoms with E-state index in [1.54, 1.807) is 0 Å². The van der Waals surface area contributed by atoms with E-state index in [1.807, 2.05) is 0 Å². The van der Waals surface area contributed by atoms with Gasteiger partial charge in [0.1, 0.15) is 0 Å². The van der Waals surface area contributed by atoms with Crippen molar-refractivity contribution in [3.8, 4) is 0 Å². The van der Waals surface area contributed by atoms with Gasteiger partial charge in [-0.15, -0.1) is 13.2 Å². The molecule has 1 aliphatic heterocycles. The highest BCUT2D eigenvalue weighted by molar-refractivity contribution is 4.97. The minimum atomic E-state index is -4.89. The molecule has 0 saturated heterocycles. The molecule has 1 rings (SSSR count). The maximum atomic E-state index is 12.2. The van der Waals surface area contributed by atoms with Crippen LogP contribution in [-0.2, 0) is 0 Å². The van der Waals surface area contributed by atoms with Gasteiger partial charge in [0.15, 0.2) is 0 Å². The van der Waals surface area contributed by atoms with Gasteiger partial charge in [-0.1, -0.05) is 0 Å². The van der Waals surface area contributed by atoms with Crippen LogP contribution in [0.3, 0.4) is 0 Å². The van der Waals surface area contributed by atoms with Gasteiger partial charge in [0.25, 0.3) is 5.95 Å². The van der Waals surface area contributed by atoms with Gasteiger partial charge in [-0.3, -0.25) is 0 Å². The number of hydrogen-bond acceptors (Lipinski definition) is 1. The Morgan fingerprint density at radius 3 is 1.75 bits per heavy atom. The molecule has 1 aliphatic rings. The molecule has 70 valence electrons. The fourth-order valence-electron chi connectivity index (χ4n) is 0.679. The second-order valence-corrected chi connectivity index (χ2v) is 2.16. The summed E-state index contributed by atoms with van der Waals surface area (Å²) >= 11 is 0. The van der Waals surface area contributed by atoms with Gasteiger partial charge in [0, 0.05) is 7.05 Å². The van der Waals surface area contributed by atoms with Crippen LogP contribution < -0.4 is 0 Å². The molecule has 1 heterocycles. The van der Waals surface area contributed by atoms with Gasteiger partial charge in [-0.05, 0) is 0 Å². The molecule has 0 bridgehead atoms. The number of rotatable bonds is 0. The lowest BCUT2D eigenvalue weighted by Crippen LogP contribution is -2.49.